The van der Waals surface area contributed by atoms with E-state index in [0.29, 0.717) is 0 Å². The van der Waals surface area contributed by atoms with Crippen molar-refractivity contribution in [1.82, 2.24) is 0 Å². The lowest BCUT2D eigenvalue weighted by Crippen LogP contribution is -1.88. The second-order valence-corrected chi connectivity index (χ2v) is 3.06. The van der Waals surface area contributed by atoms with Crippen LogP contribution >= 0.6 is 22.6 Å². The molecule has 0 spiro atoms. The Morgan fingerprint density at radius 3 is 2.70 bits per heavy atom. The van der Waals surface area contributed by atoms with Gasteiger partial charge in [0.05, 0.1) is 6.61 Å². The normalized spacial score (nSPS) is 9.90. The second-order valence-electron chi connectivity index (χ2n) is 1.89. The highest BCUT2D eigenvalue weighted by molar-refractivity contribution is 14.1. The molecule has 1 N–H and O–H groups in total. The van der Waals surface area contributed by atoms with Gasteiger partial charge in [0, 0.05) is 3.57 Å². The monoisotopic (exact) mass is 252 g/mol. The van der Waals surface area contributed by atoms with Crippen molar-refractivity contribution in [1.29, 1.82) is 0 Å². The van der Waals surface area contributed by atoms with Gasteiger partial charge in [-0.15, -0.1) is 0 Å². The lowest BCUT2D eigenvalue weighted by Gasteiger charge is -1.98. The Hall–Kier alpha value is -0.160. The topological polar surface area (TPSA) is 20.2 Å². The van der Waals surface area contributed by atoms with Crippen LogP contribution in [0, 0.1) is 9.39 Å². The molecule has 0 aliphatic rings. The SMILES string of the molecule is OCc1ccc(F)cc1I. The van der Waals surface area contributed by atoms with Crippen molar-refractivity contribution in [3.05, 3.63) is 33.1 Å². The van der Waals surface area contributed by atoms with E-state index >= 15 is 0 Å². The minimum Gasteiger partial charge on any atom is -0.392 e. The van der Waals surface area contributed by atoms with Gasteiger partial charge in [0.1, 0.15) is 5.82 Å². The van der Waals surface area contributed by atoms with Crippen molar-refractivity contribution < 1.29 is 9.50 Å². The Morgan fingerprint density at radius 1 is 1.50 bits per heavy atom. The highest BCUT2D eigenvalue weighted by Gasteiger charge is 1.97. The molecule has 0 amide bonds. The van der Waals surface area contributed by atoms with Crippen LogP contribution in [0.2, 0.25) is 0 Å². The molecule has 0 aromatic heterocycles. The van der Waals surface area contributed by atoms with E-state index in [0.717, 1.165) is 9.13 Å². The fraction of sp³-hybridized carbons (Fsp3) is 0.143. The third-order valence-electron chi connectivity index (χ3n) is 1.19. The van der Waals surface area contributed by atoms with Gasteiger partial charge in [-0.05, 0) is 40.3 Å². The third kappa shape index (κ3) is 1.67. The summed E-state index contributed by atoms with van der Waals surface area (Å²) < 4.78 is 13.2. The average molecular weight is 252 g/mol. The minimum absolute atomic E-state index is 0.0292. The molecule has 1 aromatic rings. The maximum absolute atomic E-state index is 12.4. The van der Waals surface area contributed by atoms with E-state index in [9.17, 15) is 4.39 Å². The van der Waals surface area contributed by atoms with Crippen LogP contribution in [0.1, 0.15) is 5.56 Å². The van der Waals surface area contributed by atoms with Gasteiger partial charge >= 0.3 is 0 Å². The number of aliphatic hydroxyl groups excluding tert-OH is 1. The summed E-state index contributed by atoms with van der Waals surface area (Å²) in [4.78, 5) is 0. The van der Waals surface area contributed by atoms with Gasteiger partial charge in [-0.1, -0.05) is 6.07 Å². The number of hydrogen-bond donors (Lipinski definition) is 1. The number of hydrogen-bond acceptors (Lipinski definition) is 1. The van der Waals surface area contributed by atoms with Crippen molar-refractivity contribution in [3.63, 3.8) is 0 Å². The summed E-state index contributed by atoms with van der Waals surface area (Å²) in [6.07, 6.45) is 0. The Balaban J connectivity index is 3.07. The molecule has 0 heterocycles. The lowest BCUT2D eigenvalue weighted by atomic mass is 10.2. The van der Waals surface area contributed by atoms with Crippen LogP contribution in [-0.4, -0.2) is 5.11 Å². The standard InChI is InChI=1S/C7H6FIO/c8-6-2-1-5(4-10)7(9)3-6/h1-3,10H,4H2. The predicted molar refractivity (Wildman–Crippen MR) is 45.0 cm³/mol. The quantitative estimate of drug-likeness (QED) is 0.757. The van der Waals surface area contributed by atoms with E-state index in [1.54, 1.807) is 6.07 Å². The van der Waals surface area contributed by atoms with Gasteiger partial charge in [-0.25, -0.2) is 4.39 Å². The minimum atomic E-state index is -0.262. The first-order valence-corrected chi connectivity index (χ1v) is 3.86. The second kappa shape index (κ2) is 3.30. The van der Waals surface area contributed by atoms with Gasteiger partial charge in [-0.2, -0.15) is 0 Å². The summed E-state index contributed by atoms with van der Waals surface area (Å²) in [7, 11) is 0. The molecule has 0 aliphatic heterocycles. The number of benzene rings is 1. The third-order valence-corrected chi connectivity index (χ3v) is 2.19. The highest BCUT2D eigenvalue weighted by atomic mass is 127. The summed E-state index contributed by atoms with van der Waals surface area (Å²) in [5, 5.41) is 8.68. The largest absolute Gasteiger partial charge is 0.392 e. The van der Waals surface area contributed by atoms with Crippen LogP contribution in [0.4, 0.5) is 4.39 Å². The Morgan fingerprint density at radius 2 is 2.20 bits per heavy atom. The molecule has 0 atom stereocenters. The summed E-state index contributed by atoms with van der Waals surface area (Å²) in [5.41, 5.74) is 0.766. The van der Waals surface area contributed by atoms with Crippen LogP contribution in [0.15, 0.2) is 18.2 Å². The molecule has 1 rings (SSSR count). The van der Waals surface area contributed by atoms with Crippen molar-refractivity contribution in [2.24, 2.45) is 0 Å². The molecule has 0 unspecified atom stereocenters. The zero-order valence-corrected chi connectivity index (χ0v) is 7.30. The van der Waals surface area contributed by atoms with E-state index in [1.165, 1.54) is 12.1 Å². The molecule has 3 heteroatoms. The Kier molecular flexibility index (Phi) is 2.62. The van der Waals surface area contributed by atoms with Crippen molar-refractivity contribution in [3.8, 4) is 0 Å². The maximum Gasteiger partial charge on any atom is 0.124 e. The van der Waals surface area contributed by atoms with Gasteiger partial charge < -0.3 is 5.11 Å². The molecule has 10 heavy (non-hydrogen) atoms. The van der Waals surface area contributed by atoms with Crippen LogP contribution < -0.4 is 0 Å². The summed E-state index contributed by atoms with van der Waals surface area (Å²) in [5.74, 6) is -0.262. The van der Waals surface area contributed by atoms with Gasteiger partial charge in [0.15, 0.2) is 0 Å². The summed E-state index contributed by atoms with van der Waals surface area (Å²) in [6, 6.07) is 4.32. The first kappa shape index (κ1) is 7.94. The first-order chi connectivity index (χ1) is 4.74. The molecular formula is C7H6FIO. The van der Waals surface area contributed by atoms with E-state index < -0.39 is 0 Å². The Labute approximate surface area is 72.0 Å². The molecular weight excluding hydrogens is 246 g/mol. The predicted octanol–water partition coefficient (Wildman–Crippen LogP) is 1.92. The van der Waals surface area contributed by atoms with Crippen LogP contribution in [-0.2, 0) is 6.61 Å². The van der Waals surface area contributed by atoms with Crippen molar-refractivity contribution in [2.75, 3.05) is 0 Å². The molecule has 54 valence electrons. The van der Waals surface area contributed by atoms with Gasteiger partial charge in [-0.3, -0.25) is 0 Å². The lowest BCUT2D eigenvalue weighted by molar-refractivity contribution is 0.281. The smallest absolute Gasteiger partial charge is 0.124 e. The average Bonchev–Trinajstić information content (AvgIpc) is 1.88. The van der Waals surface area contributed by atoms with Crippen LogP contribution in [0.5, 0.6) is 0 Å². The first-order valence-electron chi connectivity index (χ1n) is 2.79. The van der Waals surface area contributed by atoms with Crippen molar-refractivity contribution >= 4 is 22.6 Å². The molecule has 0 bridgehead atoms. The van der Waals surface area contributed by atoms with Gasteiger partial charge in [0.25, 0.3) is 0 Å². The number of rotatable bonds is 1. The van der Waals surface area contributed by atoms with Crippen molar-refractivity contribution in [2.45, 2.75) is 6.61 Å². The number of halogens is 2. The fourth-order valence-corrected chi connectivity index (χ4v) is 1.30. The number of aliphatic hydroxyl groups is 1. The molecule has 0 saturated heterocycles. The van der Waals surface area contributed by atoms with Crippen LogP contribution in [0.3, 0.4) is 0 Å². The molecule has 1 nitrogen and oxygen atoms in total. The van der Waals surface area contributed by atoms with E-state index in [1.807, 2.05) is 22.6 Å². The molecule has 0 aliphatic carbocycles. The van der Waals surface area contributed by atoms with E-state index in [-0.39, 0.29) is 12.4 Å². The molecule has 0 saturated carbocycles. The van der Waals surface area contributed by atoms with Crippen LogP contribution in [0.25, 0.3) is 0 Å². The summed E-state index contributed by atoms with van der Waals surface area (Å²) >= 11 is 1.99. The Bertz CT molecular complexity index is 237. The highest BCUT2D eigenvalue weighted by Crippen LogP contribution is 2.13. The fourth-order valence-electron chi connectivity index (χ4n) is 0.650. The zero-order valence-electron chi connectivity index (χ0n) is 5.14. The summed E-state index contributed by atoms with van der Waals surface area (Å²) in [6.45, 7) is -0.0292. The zero-order chi connectivity index (χ0) is 7.56. The molecule has 1 aromatic carbocycles. The maximum atomic E-state index is 12.4. The van der Waals surface area contributed by atoms with E-state index in [2.05, 4.69) is 0 Å². The van der Waals surface area contributed by atoms with E-state index in [4.69, 9.17) is 5.11 Å². The molecule has 0 fully saturated rings. The van der Waals surface area contributed by atoms with Gasteiger partial charge in [0.2, 0.25) is 0 Å². The molecule has 0 radical (unpaired) electrons.